The molecule has 1 amide bonds. The first kappa shape index (κ1) is 13.7. The van der Waals surface area contributed by atoms with E-state index < -0.39 is 0 Å². The largest absolute Gasteiger partial charge is 0.345 e. The molecule has 4 rings (SSSR count). The van der Waals surface area contributed by atoms with E-state index in [0.717, 1.165) is 43.6 Å². The molecule has 2 atom stereocenters. The SMILES string of the molecule is CN1CCN2C[C@@H](NC(=O)c3nc4ccccc4[nH]3)C[C@H]2C1. The molecule has 116 valence electrons. The molecule has 0 bridgehead atoms. The van der Waals surface area contributed by atoms with Crippen LogP contribution in [0.2, 0.25) is 0 Å². The number of aromatic nitrogens is 2. The van der Waals surface area contributed by atoms with Crippen molar-refractivity contribution in [1.29, 1.82) is 0 Å². The monoisotopic (exact) mass is 299 g/mol. The maximum atomic E-state index is 12.4. The third kappa shape index (κ3) is 2.48. The Kier molecular flexibility index (Phi) is 3.35. The number of carbonyl (C=O) groups excluding carboxylic acids is 1. The predicted octanol–water partition coefficient (Wildman–Crippen LogP) is 0.681. The van der Waals surface area contributed by atoms with E-state index in [2.05, 4.69) is 32.1 Å². The van der Waals surface area contributed by atoms with Gasteiger partial charge in [-0.3, -0.25) is 9.69 Å². The fourth-order valence-corrected chi connectivity index (χ4v) is 3.62. The van der Waals surface area contributed by atoms with Crippen molar-refractivity contribution in [2.45, 2.75) is 18.5 Å². The van der Waals surface area contributed by atoms with Gasteiger partial charge in [0.2, 0.25) is 0 Å². The fraction of sp³-hybridized carbons (Fsp3) is 0.500. The number of fused-ring (bicyclic) bond motifs is 2. The summed E-state index contributed by atoms with van der Waals surface area (Å²) in [4.78, 5) is 24.7. The van der Waals surface area contributed by atoms with Gasteiger partial charge in [-0.2, -0.15) is 0 Å². The quantitative estimate of drug-likeness (QED) is 0.856. The van der Waals surface area contributed by atoms with Crippen molar-refractivity contribution in [2.75, 3.05) is 33.2 Å². The minimum atomic E-state index is -0.102. The summed E-state index contributed by atoms with van der Waals surface area (Å²) in [5.74, 6) is 0.303. The average molecular weight is 299 g/mol. The second kappa shape index (κ2) is 5.37. The van der Waals surface area contributed by atoms with Crippen LogP contribution in [0.25, 0.3) is 11.0 Å². The molecule has 2 N–H and O–H groups in total. The lowest BCUT2D eigenvalue weighted by Crippen LogP contribution is -2.48. The normalized spacial score (nSPS) is 26.2. The first-order valence-electron chi connectivity index (χ1n) is 7.87. The van der Waals surface area contributed by atoms with Crippen LogP contribution in [0.5, 0.6) is 0 Å². The van der Waals surface area contributed by atoms with E-state index in [4.69, 9.17) is 0 Å². The number of benzene rings is 1. The summed E-state index contributed by atoms with van der Waals surface area (Å²) in [7, 11) is 2.16. The Hall–Kier alpha value is -1.92. The number of piperazine rings is 1. The highest BCUT2D eigenvalue weighted by Gasteiger charge is 2.36. The summed E-state index contributed by atoms with van der Waals surface area (Å²) >= 11 is 0. The molecule has 1 aromatic carbocycles. The smallest absolute Gasteiger partial charge is 0.287 e. The lowest BCUT2D eigenvalue weighted by molar-refractivity contribution is 0.0927. The fourth-order valence-electron chi connectivity index (χ4n) is 3.62. The number of H-pyrrole nitrogens is 1. The van der Waals surface area contributed by atoms with Crippen LogP contribution in [0.3, 0.4) is 0 Å². The molecular formula is C16H21N5O. The van der Waals surface area contributed by atoms with Crippen LogP contribution in [-0.2, 0) is 0 Å². The first-order valence-corrected chi connectivity index (χ1v) is 7.87. The van der Waals surface area contributed by atoms with Gasteiger partial charge in [-0.15, -0.1) is 0 Å². The molecule has 3 heterocycles. The van der Waals surface area contributed by atoms with Gasteiger partial charge in [-0.25, -0.2) is 4.98 Å². The molecule has 2 aliphatic rings. The molecular weight excluding hydrogens is 278 g/mol. The molecule has 0 unspecified atom stereocenters. The summed E-state index contributed by atoms with van der Waals surface area (Å²) in [6, 6.07) is 8.50. The number of nitrogens with zero attached hydrogens (tertiary/aromatic N) is 3. The summed E-state index contributed by atoms with van der Waals surface area (Å²) < 4.78 is 0. The van der Waals surface area contributed by atoms with Crippen LogP contribution in [0, 0.1) is 0 Å². The van der Waals surface area contributed by atoms with Gasteiger partial charge < -0.3 is 15.2 Å². The third-order valence-corrected chi connectivity index (χ3v) is 4.76. The van der Waals surface area contributed by atoms with Crippen molar-refractivity contribution >= 4 is 16.9 Å². The topological polar surface area (TPSA) is 64.3 Å². The van der Waals surface area contributed by atoms with Crippen molar-refractivity contribution < 1.29 is 4.79 Å². The van der Waals surface area contributed by atoms with Crippen molar-refractivity contribution in [3.8, 4) is 0 Å². The highest BCUT2D eigenvalue weighted by molar-refractivity contribution is 5.94. The zero-order chi connectivity index (χ0) is 15.1. The van der Waals surface area contributed by atoms with Gasteiger partial charge in [0.15, 0.2) is 5.82 Å². The number of aromatic amines is 1. The highest BCUT2D eigenvalue weighted by Crippen LogP contribution is 2.21. The molecule has 6 heteroatoms. The van der Waals surface area contributed by atoms with Crippen molar-refractivity contribution in [1.82, 2.24) is 25.1 Å². The van der Waals surface area contributed by atoms with Crippen LogP contribution in [0.4, 0.5) is 0 Å². The van der Waals surface area contributed by atoms with Crippen LogP contribution >= 0.6 is 0 Å². The second-order valence-corrected chi connectivity index (χ2v) is 6.42. The molecule has 2 saturated heterocycles. The van der Waals surface area contributed by atoms with Gasteiger partial charge in [0.1, 0.15) is 0 Å². The van der Waals surface area contributed by atoms with Crippen LogP contribution in [0.1, 0.15) is 17.0 Å². The molecule has 22 heavy (non-hydrogen) atoms. The minimum Gasteiger partial charge on any atom is -0.345 e. The molecule has 0 saturated carbocycles. The maximum absolute atomic E-state index is 12.4. The summed E-state index contributed by atoms with van der Waals surface area (Å²) in [5.41, 5.74) is 1.73. The first-order chi connectivity index (χ1) is 10.7. The van der Waals surface area contributed by atoms with E-state index in [1.165, 1.54) is 0 Å². The zero-order valence-electron chi connectivity index (χ0n) is 12.7. The molecule has 2 aromatic rings. The predicted molar refractivity (Wildman–Crippen MR) is 84.8 cm³/mol. The number of carbonyl (C=O) groups is 1. The van der Waals surface area contributed by atoms with E-state index in [0.29, 0.717) is 11.9 Å². The van der Waals surface area contributed by atoms with Crippen molar-refractivity contribution in [3.05, 3.63) is 30.1 Å². The lowest BCUT2D eigenvalue weighted by atomic mass is 10.1. The summed E-state index contributed by atoms with van der Waals surface area (Å²) in [5, 5.41) is 3.13. The van der Waals surface area contributed by atoms with Gasteiger partial charge in [-0.05, 0) is 25.6 Å². The Morgan fingerprint density at radius 2 is 2.18 bits per heavy atom. The average Bonchev–Trinajstić information content (AvgIpc) is 3.09. The number of nitrogens with one attached hydrogen (secondary N) is 2. The van der Waals surface area contributed by atoms with Gasteiger partial charge in [-0.1, -0.05) is 12.1 Å². The van der Waals surface area contributed by atoms with Gasteiger partial charge >= 0.3 is 0 Å². The van der Waals surface area contributed by atoms with Gasteiger partial charge in [0, 0.05) is 38.3 Å². The number of amides is 1. The van der Waals surface area contributed by atoms with E-state index in [-0.39, 0.29) is 11.9 Å². The molecule has 6 nitrogen and oxygen atoms in total. The molecule has 1 aromatic heterocycles. The number of rotatable bonds is 2. The molecule has 2 fully saturated rings. The van der Waals surface area contributed by atoms with Crippen LogP contribution < -0.4 is 5.32 Å². The number of imidazole rings is 1. The van der Waals surface area contributed by atoms with Crippen molar-refractivity contribution in [3.63, 3.8) is 0 Å². The molecule has 0 spiro atoms. The second-order valence-electron chi connectivity index (χ2n) is 6.42. The van der Waals surface area contributed by atoms with Gasteiger partial charge in [0.05, 0.1) is 11.0 Å². The lowest BCUT2D eigenvalue weighted by Gasteiger charge is -2.34. The Labute approximate surface area is 129 Å². The van der Waals surface area contributed by atoms with Gasteiger partial charge in [0.25, 0.3) is 5.91 Å². The minimum absolute atomic E-state index is 0.102. The maximum Gasteiger partial charge on any atom is 0.287 e. The van der Waals surface area contributed by atoms with Crippen LogP contribution in [0.15, 0.2) is 24.3 Å². The Morgan fingerprint density at radius 1 is 1.32 bits per heavy atom. The molecule has 0 radical (unpaired) electrons. The zero-order valence-corrected chi connectivity index (χ0v) is 12.7. The van der Waals surface area contributed by atoms with Crippen molar-refractivity contribution in [2.24, 2.45) is 0 Å². The van der Waals surface area contributed by atoms with E-state index >= 15 is 0 Å². The van der Waals surface area contributed by atoms with E-state index in [9.17, 15) is 4.79 Å². The Bertz CT molecular complexity index is 664. The molecule has 0 aliphatic carbocycles. The third-order valence-electron chi connectivity index (χ3n) is 4.76. The number of hydrogen-bond acceptors (Lipinski definition) is 4. The van der Waals surface area contributed by atoms with E-state index in [1.807, 2.05) is 24.3 Å². The number of likely N-dealkylation sites (N-methyl/N-ethyl adjacent to an activating group) is 1. The highest BCUT2D eigenvalue weighted by atomic mass is 16.2. The summed E-state index contributed by atoms with van der Waals surface area (Å²) in [6.07, 6.45) is 1.02. The van der Waals surface area contributed by atoms with Crippen LogP contribution in [-0.4, -0.2) is 71.0 Å². The molecule has 2 aliphatic heterocycles. The Balaban J connectivity index is 1.44. The standard InChI is InChI=1S/C16H21N5O/c1-20-6-7-21-9-11(8-12(21)10-20)17-16(22)15-18-13-4-2-3-5-14(13)19-15/h2-5,11-12H,6-10H2,1H3,(H,17,22)(H,18,19)/t11-,12-/m0/s1. The number of hydrogen-bond donors (Lipinski definition) is 2. The van der Waals surface area contributed by atoms with E-state index in [1.54, 1.807) is 0 Å². The summed E-state index contributed by atoms with van der Waals surface area (Å²) in [6.45, 7) is 4.25. The number of para-hydroxylation sites is 2. The Morgan fingerprint density at radius 3 is 3.05 bits per heavy atom.